The molecule has 1 aromatic rings. The number of carbonyl (C=O) groups excluding carboxylic acids is 4. The van der Waals surface area contributed by atoms with Gasteiger partial charge in [0.2, 0.25) is 11.8 Å². The average Bonchev–Trinajstić information content (AvgIpc) is 2.68. The number of hydrogen-bond acceptors (Lipinski definition) is 6. The van der Waals surface area contributed by atoms with Crippen LogP contribution in [-0.4, -0.2) is 55.2 Å². The lowest BCUT2D eigenvalue weighted by atomic mass is 10.0. The first kappa shape index (κ1) is 25.9. The molecule has 3 N–H and O–H groups in total. The second kappa shape index (κ2) is 11.9. The molecule has 1 aromatic carbocycles. The Hall–Kier alpha value is -3.10. The molecule has 0 fully saturated rings. The Morgan fingerprint density at radius 1 is 0.968 bits per heavy atom. The van der Waals surface area contributed by atoms with Crippen molar-refractivity contribution in [2.45, 2.75) is 58.7 Å². The van der Waals surface area contributed by atoms with E-state index in [1.165, 1.54) is 7.11 Å². The SMILES string of the molecule is COC(=O)CNC(=O)C(NC(=O)C(Cc1ccccc1)NC(=O)OC(C)(C)C)C(C)C. The van der Waals surface area contributed by atoms with Gasteiger partial charge in [-0.25, -0.2) is 4.79 Å². The number of rotatable bonds is 9. The highest BCUT2D eigenvalue weighted by molar-refractivity contribution is 5.92. The molecule has 9 nitrogen and oxygen atoms in total. The lowest BCUT2D eigenvalue weighted by molar-refractivity contribution is -0.141. The third kappa shape index (κ3) is 9.97. The predicted molar refractivity (Wildman–Crippen MR) is 115 cm³/mol. The summed E-state index contributed by atoms with van der Waals surface area (Å²) in [7, 11) is 1.21. The summed E-state index contributed by atoms with van der Waals surface area (Å²) >= 11 is 0. The van der Waals surface area contributed by atoms with E-state index < -0.39 is 41.6 Å². The third-order valence-corrected chi connectivity index (χ3v) is 4.17. The van der Waals surface area contributed by atoms with E-state index >= 15 is 0 Å². The van der Waals surface area contributed by atoms with E-state index in [1.54, 1.807) is 34.6 Å². The molecule has 1 rings (SSSR count). The summed E-state index contributed by atoms with van der Waals surface area (Å²) in [4.78, 5) is 49.1. The fourth-order valence-electron chi connectivity index (χ4n) is 2.64. The number of alkyl carbamates (subject to hydrolysis) is 1. The van der Waals surface area contributed by atoms with Crippen LogP contribution in [0, 0.1) is 5.92 Å². The largest absolute Gasteiger partial charge is 0.468 e. The molecule has 0 heterocycles. The van der Waals surface area contributed by atoms with Crippen molar-refractivity contribution >= 4 is 23.9 Å². The average molecular weight is 436 g/mol. The number of amides is 3. The van der Waals surface area contributed by atoms with Crippen LogP contribution >= 0.6 is 0 Å². The molecular formula is C22H33N3O6. The number of carbonyl (C=O) groups is 4. The first-order valence-corrected chi connectivity index (χ1v) is 10.1. The Labute approximate surface area is 183 Å². The van der Waals surface area contributed by atoms with E-state index in [0.717, 1.165) is 5.56 Å². The van der Waals surface area contributed by atoms with Crippen LogP contribution in [0.2, 0.25) is 0 Å². The Bertz CT molecular complexity index is 758. The topological polar surface area (TPSA) is 123 Å². The van der Waals surface area contributed by atoms with Gasteiger partial charge in [0.1, 0.15) is 24.2 Å². The molecule has 0 aliphatic heterocycles. The molecule has 0 aliphatic carbocycles. The second-order valence-electron chi connectivity index (χ2n) is 8.41. The number of nitrogens with one attached hydrogen (secondary N) is 3. The number of methoxy groups -OCH3 is 1. The molecule has 2 atom stereocenters. The fourth-order valence-corrected chi connectivity index (χ4v) is 2.64. The predicted octanol–water partition coefficient (Wildman–Crippen LogP) is 1.55. The van der Waals surface area contributed by atoms with Crippen molar-refractivity contribution in [2.24, 2.45) is 5.92 Å². The maximum atomic E-state index is 13.0. The molecule has 3 amide bonds. The zero-order valence-electron chi connectivity index (χ0n) is 19.0. The van der Waals surface area contributed by atoms with Crippen molar-refractivity contribution in [1.82, 2.24) is 16.0 Å². The summed E-state index contributed by atoms with van der Waals surface area (Å²) in [5, 5.41) is 7.70. The van der Waals surface area contributed by atoms with Gasteiger partial charge in [0.05, 0.1) is 7.11 Å². The van der Waals surface area contributed by atoms with Crippen LogP contribution in [0.5, 0.6) is 0 Å². The lowest BCUT2D eigenvalue weighted by Gasteiger charge is -2.26. The van der Waals surface area contributed by atoms with Gasteiger partial charge in [-0.1, -0.05) is 44.2 Å². The van der Waals surface area contributed by atoms with Gasteiger partial charge in [-0.2, -0.15) is 0 Å². The van der Waals surface area contributed by atoms with E-state index in [4.69, 9.17) is 4.74 Å². The first-order valence-electron chi connectivity index (χ1n) is 10.1. The highest BCUT2D eigenvalue weighted by Crippen LogP contribution is 2.10. The van der Waals surface area contributed by atoms with E-state index in [1.807, 2.05) is 30.3 Å². The van der Waals surface area contributed by atoms with Crippen molar-refractivity contribution in [1.29, 1.82) is 0 Å². The van der Waals surface area contributed by atoms with Crippen LogP contribution in [0.4, 0.5) is 4.79 Å². The molecular weight excluding hydrogens is 402 g/mol. The van der Waals surface area contributed by atoms with Crippen LogP contribution in [0.25, 0.3) is 0 Å². The maximum Gasteiger partial charge on any atom is 0.408 e. The van der Waals surface area contributed by atoms with Crippen molar-refractivity contribution in [3.05, 3.63) is 35.9 Å². The van der Waals surface area contributed by atoms with Gasteiger partial charge >= 0.3 is 12.1 Å². The normalized spacial score (nSPS) is 13.0. The zero-order valence-corrected chi connectivity index (χ0v) is 19.0. The summed E-state index contributed by atoms with van der Waals surface area (Å²) < 4.78 is 9.78. The molecule has 0 spiro atoms. The molecule has 0 saturated heterocycles. The van der Waals surface area contributed by atoms with E-state index in [2.05, 4.69) is 20.7 Å². The maximum absolute atomic E-state index is 13.0. The van der Waals surface area contributed by atoms with Gasteiger partial charge in [-0.15, -0.1) is 0 Å². The minimum Gasteiger partial charge on any atom is -0.468 e. The second-order valence-corrected chi connectivity index (χ2v) is 8.41. The quantitative estimate of drug-likeness (QED) is 0.506. The lowest BCUT2D eigenvalue weighted by Crippen LogP contribution is -2.56. The minimum absolute atomic E-state index is 0.209. The van der Waals surface area contributed by atoms with Crippen LogP contribution in [0.1, 0.15) is 40.2 Å². The number of ether oxygens (including phenoxy) is 2. The van der Waals surface area contributed by atoms with E-state index in [9.17, 15) is 19.2 Å². The number of hydrogen-bond donors (Lipinski definition) is 3. The molecule has 0 aromatic heterocycles. The summed E-state index contributed by atoms with van der Waals surface area (Å²) in [6, 6.07) is 7.30. The minimum atomic E-state index is -0.966. The van der Waals surface area contributed by atoms with Gasteiger partial charge in [0.15, 0.2) is 0 Å². The van der Waals surface area contributed by atoms with Gasteiger partial charge in [-0.3, -0.25) is 14.4 Å². The highest BCUT2D eigenvalue weighted by atomic mass is 16.6. The van der Waals surface area contributed by atoms with Crippen LogP contribution < -0.4 is 16.0 Å². The van der Waals surface area contributed by atoms with Crippen LogP contribution in [0.15, 0.2) is 30.3 Å². The van der Waals surface area contributed by atoms with Crippen LogP contribution in [-0.2, 0) is 30.3 Å². The molecule has 0 bridgehead atoms. The molecule has 172 valence electrons. The Morgan fingerprint density at radius 3 is 2.10 bits per heavy atom. The van der Waals surface area contributed by atoms with Crippen molar-refractivity contribution < 1.29 is 28.7 Å². The van der Waals surface area contributed by atoms with E-state index in [-0.39, 0.29) is 18.9 Å². The third-order valence-electron chi connectivity index (χ3n) is 4.17. The van der Waals surface area contributed by atoms with E-state index in [0.29, 0.717) is 0 Å². The molecule has 2 unspecified atom stereocenters. The Kier molecular flexibility index (Phi) is 9.98. The molecule has 0 saturated carbocycles. The van der Waals surface area contributed by atoms with Gasteiger partial charge in [0.25, 0.3) is 0 Å². The molecule has 0 radical (unpaired) electrons. The number of esters is 1. The van der Waals surface area contributed by atoms with Gasteiger partial charge in [0, 0.05) is 6.42 Å². The zero-order chi connectivity index (χ0) is 23.6. The number of benzene rings is 1. The molecule has 9 heteroatoms. The monoisotopic (exact) mass is 435 g/mol. The van der Waals surface area contributed by atoms with Crippen molar-refractivity contribution in [3.8, 4) is 0 Å². The smallest absolute Gasteiger partial charge is 0.408 e. The summed E-state index contributed by atoms with van der Waals surface area (Å²) in [5.74, 6) is -1.93. The molecule has 31 heavy (non-hydrogen) atoms. The van der Waals surface area contributed by atoms with Crippen molar-refractivity contribution in [3.63, 3.8) is 0 Å². The fraction of sp³-hybridized carbons (Fsp3) is 0.545. The standard InChI is InChI=1S/C22H33N3O6/c1-14(2)18(20(28)23-13-17(26)30-6)25-19(27)16(12-15-10-8-7-9-11-15)24-21(29)31-22(3,4)5/h7-11,14,16,18H,12-13H2,1-6H3,(H,23,28)(H,24,29)(H,25,27). The summed E-state index contributed by atoms with van der Waals surface area (Å²) in [6.07, 6.45) is -0.527. The Balaban J connectivity index is 2.95. The Morgan fingerprint density at radius 2 is 1.58 bits per heavy atom. The molecule has 0 aliphatic rings. The van der Waals surface area contributed by atoms with Gasteiger partial charge < -0.3 is 25.4 Å². The van der Waals surface area contributed by atoms with Crippen molar-refractivity contribution in [2.75, 3.05) is 13.7 Å². The van der Waals surface area contributed by atoms with Gasteiger partial charge in [-0.05, 0) is 32.3 Å². The summed E-state index contributed by atoms with van der Waals surface area (Å²) in [6.45, 7) is 8.38. The first-order chi connectivity index (χ1) is 14.4. The highest BCUT2D eigenvalue weighted by Gasteiger charge is 2.30. The summed E-state index contributed by atoms with van der Waals surface area (Å²) in [5.41, 5.74) is 0.0986. The van der Waals surface area contributed by atoms with Crippen LogP contribution in [0.3, 0.4) is 0 Å².